The molecule has 2 saturated heterocycles. The van der Waals surface area contributed by atoms with Crippen LogP contribution in [0.2, 0.25) is 0 Å². The van der Waals surface area contributed by atoms with E-state index in [9.17, 15) is 5.11 Å². The Kier molecular flexibility index (Phi) is 6.12. The summed E-state index contributed by atoms with van der Waals surface area (Å²) >= 11 is 0. The third-order valence-electron chi connectivity index (χ3n) is 7.15. The second-order valence-corrected chi connectivity index (χ2v) is 8.64. The molecule has 0 saturated carbocycles. The van der Waals surface area contributed by atoms with Crippen molar-refractivity contribution >= 4 is 0 Å². The van der Waals surface area contributed by atoms with Crippen molar-refractivity contribution in [1.82, 2.24) is 4.90 Å². The molecule has 5 unspecified atom stereocenters. The number of hydrogen-bond donors (Lipinski definition) is 1. The molecule has 0 aliphatic carbocycles. The molecule has 2 heterocycles. The Labute approximate surface area is 174 Å². The smallest absolute Gasteiger partial charge is 0.124 e. The van der Waals surface area contributed by atoms with E-state index in [2.05, 4.69) is 30.1 Å². The number of para-hydroxylation sites is 2. The summed E-state index contributed by atoms with van der Waals surface area (Å²) in [5.41, 5.74) is 2.23. The van der Waals surface area contributed by atoms with Gasteiger partial charge in [-0.3, -0.25) is 4.90 Å². The number of methoxy groups -OCH3 is 2. The van der Waals surface area contributed by atoms with Gasteiger partial charge in [0.05, 0.1) is 20.3 Å². The number of likely N-dealkylation sites (N-methyl/N-ethyl adjacent to an activating group) is 1. The molecule has 2 aliphatic heterocycles. The van der Waals surface area contributed by atoms with Crippen LogP contribution in [0.3, 0.4) is 0 Å². The van der Waals surface area contributed by atoms with Gasteiger partial charge in [0.25, 0.3) is 0 Å². The highest BCUT2D eigenvalue weighted by Gasteiger charge is 2.43. The van der Waals surface area contributed by atoms with Crippen LogP contribution in [0.1, 0.15) is 55.3 Å². The van der Waals surface area contributed by atoms with Crippen LogP contribution in [0.5, 0.6) is 11.5 Å². The molecule has 2 bridgehead atoms. The third-order valence-corrected chi connectivity index (χ3v) is 7.15. The first-order chi connectivity index (χ1) is 14.1. The van der Waals surface area contributed by atoms with Crippen LogP contribution in [0.15, 0.2) is 48.5 Å². The van der Waals surface area contributed by atoms with Gasteiger partial charge in [-0.1, -0.05) is 36.4 Å². The summed E-state index contributed by atoms with van der Waals surface area (Å²) < 4.78 is 11.1. The van der Waals surface area contributed by atoms with Crippen molar-refractivity contribution in [3.8, 4) is 11.5 Å². The standard InChI is InChI=1S/C25H33NO3/c1-26-18-12-13-19(20-8-4-6-10-24(20)28-2)22(26)15-17(14-18)16-23(27)21-9-5-7-11-25(21)29-3/h4-11,17-19,22-23,27H,12-16H2,1-3H3. The van der Waals surface area contributed by atoms with Gasteiger partial charge in [0.1, 0.15) is 11.5 Å². The highest BCUT2D eigenvalue weighted by molar-refractivity contribution is 5.38. The quantitative estimate of drug-likeness (QED) is 0.764. The molecular formula is C25H33NO3. The number of aliphatic hydroxyl groups is 1. The maximum Gasteiger partial charge on any atom is 0.124 e. The number of hydrogen-bond acceptors (Lipinski definition) is 4. The normalized spacial score (nSPS) is 28.0. The van der Waals surface area contributed by atoms with Gasteiger partial charge in [-0.15, -0.1) is 0 Å². The number of fused-ring (bicyclic) bond motifs is 2. The van der Waals surface area contributed by atoms with E-state index in [0.717, 1.165) is 36.3 Å². The Hall–Kier alpha value is -2.04. The van der Waals surface area contributed by atoms with Crippen molar-refractivity contribution in [2.45, 2.75) is 56.2 Å². The van der Waals surface area contributed by atoms with Crippen molar-refractivity contribution in [2.75, 3.05) is 21.3 Å². The lowest BCUT2D eigenvalue weighted by atomic mass is 9.70. The maximum atomic E-state index is 11.0. The number of rotatable bonds is 6. The van der Waals surface area contributed by atoms with Crippen LogP contribution in [-0.4, -0.2) is 43.4 Å². The van der Waals surface area contributed by atoms with Crippen LogP contribution >= 0.6 is 0 Å². The molecule has 4 nitrogen and oxygen atoms in total. The Morgan fingerprint density at radius 2 is 1.66 bits per heavy atom. The van der Waals surface area contributed by atoms with E-state index >= 15 is 0 Å². The van der Waals surface area contributed by atoms with Gasteiger partial charge in [-0.25, -0.2) is 0 Å². The van der Waals surface area contributed by atoms with E-state index in [0.29, 0.717) is 23.9 Å². The molecule has 5 atom stereocenters. The highest BCUT2D eigenvalue weighted by atomic mass is 16.5. The first-order valence-corrected chi connectivity index (χ1v) is 10.8. The van der Waals surface area contributed by atoms with Crippen molar-refractivity contribution in [2.24, 2.45) is 5.92 Å². The third kappa shape index (κ3) is 4.01. The first kappa shape index (κ1) is 20.2. The molecule has 0 amide bonds. The molecule has 0 aromatic heterocycles. The SMILES string of the molecule is COc1ccccc1C(O)CC1CC2CCC(c3ccccc3OC)C(C1)N2C. The predicted molar refractivity (Wildman–Crippen MR) is 116 cm³/mol. The Morgan fingerprint density at radius 1 is 0.966 bits per heavy atom. The fourth-order valence-electron chi connectivity index (χ4n) is 5.67. The molecule has 2 aromatic carbocycles. The van der Waals surface area contributed by atoms with Crippen LogP contribution in [0, 0.1) is 5.92 Å². The molecule has 2 aliphatic rings. The summed E-state index contributed by atoms with van der Waals surface area (Å²) in [5, 5.41) is 11.0. The average Bonchev–Trinajstić information content (AvgIpc) is 2.74. The average molecular weight is 396 g/mol. The Morgan fingerprint density at radius 3 is 2.41 bits per heavy atom. The van der Waals surface area contributed by atoms with E-state index in [-0.39, 0.29) is 0 Å². The van der Waals surface area contributed by atoms with Crippen LogP contribution in [-0.2, 0) is 0 Å². The van der Waals surface area contributed by atoms with Gasteiger partial charge < -0.3 is 14.6 Å². The Balaban J connectivity index is 1.52. The van der Waals surface area contributed by atoms with Gasteiger partial charge >= 0.3 is 0 Å². The number of nitrogens with zero attached hydrogens (tertiary/aromatic N) is 1. The zero-order valence-corrected chi connectivity index (χ0v) is 17.8. The second kappa shape index (κ2) is 8.76. The summed E-state index contributed by atoms with van der Waals surface area (Å²) in [7, 11) is 5.72. The van der Waals surface area contributed by atoms with Gasteiger partial charge in [0.15, 0.2) is 0 Å². The van der Waals surface area contributed by atoms with Gasteiger partial charge in [-0.05, 0) is 62.8 Å². The summed E-state index contributed by atoms with van der Waals surface area (Å²) in [6.07, 6.45) is 5.00. The van der Waals surface area contributed by atoms with Crippen LogP contribution in [0.25, 0.3) is 0 Å². The Bertz CT molecular complexity index is 823. The topological polar surface area (TPSA) is 41.9 Å². The largest absolute Gasteiger partial charge is 0.496 e. The minimum Gasteiger partial charge on any atom is -0.496 e. The molecule has 156 valence electrons. The molecule has 29 heavy (non-hydrogen) atoms. The summed E-state index contributed by atoms with van der Waals surface area (Å²) in [5.74, 6) is 2.78. The van der Waals surface area contributed by atoms with E-state index in [1.165, 1.54) is 18.4 Å². The molecule has 0 radical (unpaired) electrons. The second-order valence-electron chi connectivity index (χ2n) is 8.64. The summed E-state index contributed by atoms with van der Waals surface area (Å²) in [6, 6.07) is 17.4. The van der Waals surface area contributed by atoms with Crippen LogP contribution < -0.4 is 9.47 Å². The number of benzene rings is 2. The molecule has 2 aromatic rings. The van der Waals surface area contributed by atoms with Crippen molar-refractivity contribution < 1.29 is 14.6 Å². The van der Waals surface area contributed by atoms with Crippen molar-refractivity contribution in [3.05, 3.63) is 59.7 Å². The van der Waals surface area contributed by atoms with Gasteiger partial charge in [-0.2, -0.15) is 0 Å². The lowest BCUT2D eigenvalue weighted by molar-refractivity contribution is 0.00514. The molecular weight excluding hydrogens is 362 g/mol. The van der Waals surface area contributed by atoms with E-state index in [1.807, 2.05) is 30.3 Å². The maximum absolute atomic E-state index is 11.0. The minimum absolute atomic E-state index is 0.481. The number of ether oxygens (including phenoxy) is 2. The zero-order chi connectivity index (χ0) is 20.4. The molecule has 2 fully saturated rings. The summed E-state index contributed by atoms with van der Waals surface area (Å²) in [4.78, 5) is 2.59. The van der Waals surface area contributed by atoms with Crippen LogP contribution in [0.4, 0.5) is 0 Å². The fraction of sp³-hybridized carbons (Fsp3) is 0.520. The minimum atomic E-state index is -0.481. The first-order valence-electron chi connectivity index (χ1n) is 10.8. The lowest BCUT2D eigenvalue weighted by Crippen LogP contribution is -2.53. The molecule has 4 rings (SSSR count). The highest BCUT2D eigenvalue weighted by Crippen LogP contribution is 2.47. The zero-order valence-electron chi connectivity index (χ0n) is 17.8. The van der Waals surface area contributed by atoms with E-state index in [4.69, 9.17) is 9.47 Å². The van der Waals surface area contributed by atoms with Gasteiger partial charge in [0, 0.05) is 23.6 Å². The predicted octanol–water partition coefficient (Wildman–Crippen LogP) is 4.78. The number of aliphatic hydroxyl groups excluding tert-OH is 1. The summed E-state index contributed by atoms with van der Waals surface area (Å²) in [6.45, 7) is 0. The van der Waals surface area contributed by atoms with Crippen molar-refractivity contribution in [3.63, 3.8) is 0 Å². The molecule has 1 N–H and O–H groups in total. The lowest BCUT2D eigenvalue weighted by Gasteiger charge is -2.51. The van der Waals surface area contributed by atoms with Gasteiger partial charge in [0.2, 0.25) is 0 Å². The van der Waals surface area contributed by atoms with E-state index in [1.54, 1.807) is 14.2 Å². The monoisotopic (exact) mass is 395 g/mol. The number of piperidine rings is 2. The van der Waals surface area contributed by atoms with E-state index < -0.39 is 6.10 Å². The fourth-order valence-corrected chi connectivity index (χ4v) is 5.67. The molecule has 0 spiro atoms. The van der Waals surface area contributed by atoms with Crippen molar-refractivity contribution in [1.29, 1.82) is 0 Å². The molecule has 4 heteroatoms.